The van der Waals surface area contributed by atoms with Gasteiger partial charge in [0.1, 0.15) is 11.4 Å². The van der Waals surface area contributed by atoms with E-state index in [9.17, 15) is 14.0 Å². The first-order valence-electron chi connectivity index (χ1n) is 10.7. The summed E-state index contributed by atoms with van der Waals surface area (Å²) in [6.07, 6.45) is 1.47. The average molecular weight is 425 g/mol. The smallest absolute Gasteiger partial charge is 0.250 e. The predicted molar refractivity (Wildman–Crippen MR) is 119 cm³/mol. The van der Waals surface area contributed by atoms with Crippen LogP contribution < -0.4 is 10.2 Å². The Morgan fingerprint density at radius 1 is 1.06 bits per heavy atom. The second-order valence-electron chi connectivity index (χ2n) is 8.77. The number of anilines is 2. The lowest BCUT2D eigenvalue weighted by atomic mass is 9.78. The Morgan fingerprint density at radius 2 is 1.68 bits per heavy atom. The maximum absolute atomic E-state index is 13.6. The Balaban J connectivity index is 1.62. The molecule has 2 amide bonds. The van der Waals surface area contributed by atoms with Crippen molar-refractivity contribution in [3.8, 4) is 0 Å². The van der Waals surface area contributed by atoms with Crippen LogP contribution in [0.25, 0.3) is 0 Å². The molecule has 2 aliphatic heterocycles. The van der Waals surface area contributed by atoms with E-state index < -0.39 is 5.54 Å². The van der Waals surface area contributed by atoms with Gasteiger partial charge in [0.2, 0.25) is 11.8 Å². The van der Waals surface area contributed by atoms with Crippen molar-refractivity contribution >= 4 is 23.2 Å². The molecule has 31 heavy (non-hydrogen) atoms. The van der Waals surface area contributed by atoms with Crippen molar-refractivity contribution < 1.29 is 14.0 Å². The lowest BCUT2D eigenvalue weighted by molar-refractivity contribution is -0.167. The summed E-state index contributed by atoms with van der Waals surface area (Å²) in [5.74, 6) is -0.496. The zero-order valence-corrected chi connectivity index (χ0v) is 18.3. The third kappa shape index (κ3) is 4.02. The van der Waals surface area contributed by atoms with Gasteiger partial charge in [0.15, 0.2) is 0 Å². The molecule has 6 nitrogen and oxygen atoms in total. The van der Waals surface area contributed by atoms with Crippen LogP contribution in [0.1, 0.15) is 30.9 Å². The van der Waals surface area contributed by atoms with E-state index in [1.165, 1.54) is 12.1 Å². The molecular weight excluding hydrogens is 395 g/mol. The Hall–Kier alpha value is -2.93. The number of piperidine rings is 1. The van der Waals surface area contributed by atoms with Gasteiger partial charge in [0, 0.05) is 38.6 Å². The minimum atomic E-state index is -0.916. The zero-order valence-electron chi connectivity index (χ0n) is 18.3. The lowest BCUT2D eigenvalue weighted by Gasteiger charge is -2.54. The van der Waals surface area contributed by atoms with Crippen LogP contribution in [0.4, 0.5) is 15.8 Å². The predicted octanol–water partition coefficient (Wildman–Crippen LogP) is 3.27. The van der Waals surface area contributed by atoms with Gasteiger partial charge in [-0.25, -0.2) is 4.39 Å². The number of hydrogen-bond acceptors (Lipinski definition) is 4. The Morgan fingerprint density at radius 3 is 2.23 bits per heavy atom. The molecule has 0 spiro atoms. The van der Waals surface area contributed by atoms with Gasteiger partial charge in [0.05, 0.1) is 12.5 Å². The van der Waals surface area contributed by atoms with E-state index >= 15 is 0 Å². The normalized spacial score (nSPS) is 20.8. The number of benzene rings is 2. The molecular formula is C24H29FN4O2. The number of hydrogen-bond donors (Lipinski definition) is 1. The standard InChI is InChI=1S/C24H29FN4O2/c1-27(2)20-10-8-19(9-11-20)26-23(31)24(12-14-28(3)15-13-24)29-21(16-22(29)30)17-4-6-18(25)7-5-17/h4-11,21H,12-16H2,1-3H3,(H,26,31). The van der Waals surface area contributed by atoms with Crippen molar-refractivity contribution in [1.82, 2.24) is 9.80 Å². The first kappa shape index (κ1) is 21.3. The molecule has 0 bridgehead atoms. The molecule has 164 valence electrons. The molecule has 1 unspecified atom stereocenters. The molecule has 2 heterocycles. The van der Waals surface area contributed by atoms with Crippen molar-refractivity contribution in [3.05, 3.63) is 59.9 Å². The highest BCUT2D eigenvalue weighted by Gasteiger charge is 2.55. The van der Waals surface area contributed by atoms with Gasteiger partial charge in [-0.2, -0.15) is 0 Å². The van der Waals surface area contributed by atoms with E-state index in [0.717, 1.165) is 24.3 Å². The van der Waals surface area contributed by atoms with Crippen molar-refractivity contribution in [2.24, 2.45) is 0 Å². The summed E-state index contributed by atoms with van der Waals surface area (Å²) < 4.78 is 13.4. The molecule has 2 aromatic carbocycles. The maximum atomic E-state index is 13.6. The van der Waals surface area contributed by atoms with E-state index in [0.29, 0.717) is 24.9 Å². The third-order valence-corrected chi connectivity index (χ3v) is 6.54. The first-order chi connectivity index (χ1) is 14.8. The summed E-state index contributed by atoms with van der Waals surface area (Å²) >= 11 is 0. The SMILES string of the molecule is CN1CCC(C(=O)Nc2ccc(N(C)C)cc2)(N2C(=O)CC2c2ccc(F)cc2)CC1. The van der Waals surface area contributed by atoms with Crippen molar-refractivity contribution in [1.29, 1.82) is 0 Å². The van der Waals surface area contributed by atoms with E-state index in [-0.39, 0.29) is 23.7 Å². The quantitative estimate of drug-likeness (QED) is 0.749. The fourth-order valence-corrected chi connectivity index (χ4v) is 4.56. The monoisotopic (exact) mass is 424 g/mol. The fraction of sp³-hybridized carbons (Fsp3) is 0.417. The minimum absolute atomic E-state index is 0.0306. The van der Waals surface area contributed by atoms with Crippen LogP contribution in [0.15, 0.2) is 48.5 Å². The molecule has 2 fully saturated rings. The van der Waals surface area contributed by atoms with Gasteiger partial charge in [-0.15, -0.1) is 0 Å². The lowest BCUT2D eigenvalue weighted by Crippen LogP contribution is -2.68. The second kappa shape index (κ2) is 8.30. The average Bonchev–Trinajstić information content (AvgIpc) is 2.75. The molecule has 2 saturated heterocycles. The summed E-state index contributed by atoms with van der Waals surface area (Å²) in [6, 6.07) is 13.7. The number of β-lactam (4-membered cyclic amide) rings is 1. The largest absolute Gasteiger partial charge is 0.378 e. The molecule has 0 radical (unpaired) electrons. The van der Waals surface area contributed by atoms with Crippen LogP contribution in [0.2, 0.25) is 0 Å². The minimum Gasteiger partial charge on any atom is -0.378 e. The number of amides is 2. The summed E-state index contributed by atoms with van der Waals surface area (Å²) in [4.78, 5) is 32.3. The highest BCUT2D eigenvalue weighted by Crippen LogP contribution is 2.45. The van der Waals surface area contributed by atoms with Crippen LogP contribution in [-0.4, -0.2) is 61.4 Å². The third-order valence-electron chi connectivity index (χ3n) is 6.54. The Labute approximate surface area is 182 Å². The maximum Gasteiger partial charge on any atom is 0.250 e. The number of likely N-dealkylation sites (tertiary alicyclic amines) is 2. The van der Waals surface area contributed by atoms with Gasteiger partial charge in [0.25, 0.3) is 0 Å². The first-order valence-corrected chi connectivity index (χ1v) is 10.7. The number of nitrogens with zero attached hydrogens (tertiary/aromatic N) is 3. The van der Waals surface area contributed by atoms with E-state index in [4.69, 9.17) is 0 Å². The van der Waals surface area contributed by atoms with Gasteiger partial charge < -0.3 is 20.0 Å². The van der Waals surface area contributed by atoms with Gasteiger partial charge >= 0.3 is 0 Å². The summed E-state index contributed by atoms with van der Waals surface area (Å²) in [6.45, 7) is 1.46. The number of halogens is 1. The van der Waals surface area contributed by atoms with Crippen molar-refractivity contribution in [3.63, 3.8) is 0 Å². The molecule has 1 N–H and O–H groups in total. The highest BCUT2D eigenvalue weighted by molar-refractivity contribution is 6.02. The molecule has 2 aliphatic rings. The van der Waals surface area contributed by atoms with Crippen LogP contribution >= 0.6 is 0 Å². The number of carbonyl (C=O) groups excluding carboxylic acids is 2. The molecule has 0 saturated carbocycles. The summed E-state index contributed by atoms with van der Waals surface area (Å²) in [5.41, 5.74) is 1.70. The topological polar surface area (TPSA) is 55.9 Å². The van der Waals surface area contributed by atoms with Crippen LogP contribution in [0.5, 0.6) is 0 Å². The Kier molecular flexibility index (Phi) is 5.71. The van der Waals surface area contributed by atoms with E-state index in [2.05, 4.69) is 10.2 Å². The van der Waals surface area contributed by atoms with Crippen molar-refractivity contribution in [2.45, 2.75) is 30.8 Å². The number of carbonyl (C=O) groups is 2. The van der Waals surface area contributed by atoms with Gasteiger partial charge in [-0.3, -0.25) is 9.59 Å². The summed E-state index contributed by atoms with van der Waals surface area (Å²) in [5, 5.41) is 3.05. The second-order valence-corrected chi connectivity index (χ2v) is 8.77. The summed E-state index contributed by atoms with van der Waals surface area (Å²) in [7, 11) is 5.95. The molecule has 7 heteroatoms. The van der Waals surface area contributed by atoms with Gasteiger partial charge in [-0.05, 0) is 61.9 Å². The number of nitrogens with one attached hydrogen (secondary N) is 1. The van der Waals surface area contributed by atoms with Gasteiger partial charge in [-0.1, -0.05) is 12.1 Å². The highest BCUT2D eigenvalue weighted by atomic mass is 19.1. The van der Waals surface area contributed by atoms with Crippen LogP contribution in [0, 0.1) is 5.82 Å². The van der Waals surface area contributed by atoms with E-state index in [1.807, 2.05) is 50.3 Å². The Bertz CT molecular complexity index is 951. The van der Waals surface area contributed by atoms with Crippen LogP contribution in [0.3, 0.4) is 0 Å². The molecule has 0 aromatic heterocycles. The molecule has 2 aromatic rings. The molecule has 1 atom stereocenters. The fourth-order valence-electron chi connectivity index (χ4n) is 4.56. The van der Waals surface area contributed by atoms with Crippen molar-refractivity contribution in [2.75, 3.05) is 44.4 Å². The zero-order chi connectivity index (χ0) is 22.2. The molecule has 4 rings (SSSR count). The van der Waals surface area contributed by atoms with E-state index in [1.54, 1.807) is 17.0 Å². The van der Waals surface area contributed by atoms with Crippen LogP contribution in [-0.2, 0) is 9.59 Å². The molecule has 0 aliphatic carbocycles. The number of rotatable bonds is 5.